The van der Waals surface area contributed by atoms with E-state index in [0.29, 0.717) is 32.6 Å². The second-order valence-corrected chi connectivity index (χ2v) is 8.41. The minimum atomic E-state index is -4.59. The van der Waals surface area contributed by atoms with Gasteiger partial charge in [0.05, 0.1) is 23.4 Å². The fourth-order valence-corrected chi connectivity index (χ4v) is 3.66. The van der Waals surface area contributed by atoms with Gasteiger partial charge in [0.15, 0.2) is 11.5 Å². The van der Waals surface area contributed by atoms with Crippen LogP contribution in [0.3, 0.4) is 0 Å². The molecule has 0 aliphatic carbocycles. The molecule has 12 heteroatoms. The fraction of sp³-hybridized carbons (Fsp3) is 0.125. The van der Waals surface area contributed by atoms with Crippen molar-refractivity contribution in [3.63, 3.8) is 0 Å². The van der Waals surface area contributed by atoms with Gasteiger partial charge in [-0.2, -0.15) is 18.3 Å². The first-order chi connectivity index (χ1) is 17.1. The molecule has 3 aromatic carbocycles. The lowest BCUT2D eigenvalue weighted by Crippen LogP contribution is -2.32. The van der Waals surface area contributed by atoms with Crippen molar-refractivity contribution in [3.05, 3.63) is 86.8 Å². The number of anilines is 1. The minimum absolute atomic E-state index is 0.185. The van der Waals surface area contributed by atoms with Crippen LogP contribution in [-0.4, -0.2) is 25.1 Å². The number of nitrogens with zero attached hydrogens (tertiary/aromatic N) is 1. The Morgan fingerprint density at radius 1 is 1.08 bits per heavy atom. The molecule has 36 heavy (non-hydrogen) atoms. The lowest BCUT2D eigenvalue weighted by molar-refractivity contribution is -0.137. The van der Waals surface area contributed by atoms with Crippen molar-refractivity contribution in [2.45, 2.75) is 12.8 Å². The predicted octanol–water partition coefficient (Wildman–Crippen LogP) is 5.80. The molecule has 0 aliphatic rings. The number of benzene rings is 3. The molecule has 188 valence electrons. The van der Waals surface area contributed by atoms with Gasteiger partial charge in [-0.15, -0.1) is 0 Å². The third-order valence-electron chi connectivity index (χ3n) is 4.62. The van der Waals surface area contributed by atoms with Crippen LogP contribution in [0.5, 0.6) is 11.5 Å². The zero-order chi connectivity index (χ0) is 26.3. The Morgan fingerprint density at radius 3 is 2.53 bits per heavy atom. The van der Waals surface area contributed by atoms with Crippen LogP contribution in [0.1, 0.15) is 16.7 Å². The number of alkyl halides is 3. The van der Waals surface area contributed by atoms with Gasteiger partial charge in [0.1, 0.15) is 6.61 Å². The average Bonchev–Trinajstić information content (AvgIpc) is 2.83. The molecule has 7 nitrogen and oxygen atoms in total. The summed E-state index contributed by atoms with van der Waals surface area (Å²) in [6, 6.07) is 14.4. The molecule has 0 heterocycles. The second-order valence-electron chi connectivity index (χ2n) is 7.15. The summed E-state index contributed by atoms with van der Waals surface area (Å²) >= 11 is 9.56. The molecule has 2 N–H and O–H groups in total. The highest BCUT2D eigenvalue weighted by Gasteiger charge is 2.30. The summed E-state index contributed by atoms with van der Waals surface area (Å²) in [6.45, 7) is 0.194. The Bertz CT molecular complexity index is 1300. The number of hydrogen-bond acceptors (Lipinski definition) is 5. The third kappa shape index (κ3) is 7.22. The summed E-state index contributed by atoms with van der Waals surface area (Å²) in [4.78, 5) is 24.0. The molecule has 0 radical (unpaired) electrons. The van der Waals surface area contributed by atoms with Gasteiger partial charge >= 0.3 is 18.0 Å². The van der Waals surface area contributed by atoms with Gasteiger partial charge in [-0.3, -0.25) is 9.59 Å². The normalized spacial score (nSPS) is 11.3. The molecule has 0 aromatic heterocycles. The molecule has 0 unspecified atom stereocenters. The number of nitrogens with one attached hydrogen (secondary N) is 2. The zero-order valence-electron chi connectivity index (χ0n) is 18.5. The molecule has 0 bridgehead atoms. The molecule has 0 saturated heterocycles. The van der Waals surface area contributed by atoms with Crippen molar-refractivity contribution < 1.29 is 32.2 Å². The SMILES string of the molecule is COc1cc(/C=N/NC(=O)C(=O)Nc2cccc(C(F)(F)F)c2)cc(Br)c1OCc1ccccc1Cl. The first-order valence-corrected chi connectivity index (χ1v) is 11.3. The van der Waals surface area contributed by atoms with Crippen LogP contribution in [0.2, 0.25) is 5.02 Å². The van der Waals surface area contributed by atoms with Crippen LogP contribution >= 0.6 is 27.5 Å². The molecular weight excluding hydrogens is 567 g/mol. The maximum atomic E-state index is 12.8. The van der Waals surface area contributed by atoms with E-state index in [1.54, 1.807) is 18.2 Å². The number of methoxy groups -OCH3 is 1. The molecule has 0 fully saturated rings. The number of rotatable bonds is 7. The number of carbonyl (C=O) groups is 2. The smallest absolute Gasteiger partial charge is 0.416 e. The van der Waals surface area contributed by atoms with Crippen LogP contribution in [0, 0.1) is 0 Å². The van der Waals surface area contributed by atoms with E-state index < -0.39 is 23.6 Å². The van der Waals surface area contributed by atoms with E-state index >= 15 is 0 Å². The van der Waals surface area contributed by atoms with E-state index in [1.165, 1.54) is 19.4 Å². The number of halogens is 5. The van der Waals surface area contributed by atoms with E-state index in [4.69, 9.17) is 21.1 Å². The van der Waals surface area contributed by atoms with Crippen LogP contribution < -0.4 is 20.2 Å². The lowest BCUT2D eigenvalue weighted by atomic mass is 10.2. The van der Waals surface area contributed by atoms with E-state index in [9.17, 15) is 22.8 Å². The van der Waals surface area contributed by atoms with Crippen LogP contribution in [0.4, 0.5) is 18.9 Å². The Kier molecular flexibility index (Phi) is 8.94. The minimum Gasteiger partial charge on any atom is -0.493 e. The Labute approximate surface area is 217 Å². The standard InChI is InChI=1S/C24H18BrClF3N3O4/c1-35-20-10-14(9-18(25)21(20)36-13-15-5-2-3-8-19(15)26)12-30-32-23(34)22(33)31-17-7-4-6-16(11-17)24(27,28)29/h2-12H,13H2,1H3,(H,31,33)(H,32,34)/b30-12+. The lowest BCUT2D eigenvalue weighted by Gasteiger charge is -2.14. The zero-order valence-corrected chi connectivity index (χ0v) is 20.9. The quantitative estimate of drug-likeness (QED) is 0.209. The maximum absolute atomic E-state index is 12.8. The highest BCUT2D eigenvalue weighted by Crippen LogP contribution is 2.37. The average molecular weight is 585 g/mol. The van der Waals surface area contributed by atoms with E-state index in [2.05, 4.69) is 26.3 Å². The van der Waals surface area contributed by atoms with Crippen molar-refractivity contribution in [2.24, 2.45) is 5.10 Å². The number of hydrogen-bond donors (Lipinski definition) is 2. The summed E-state index contributed by atoms with van der Waals surface area (Å²) < 4.78 is 50.1. The van der Waals surface area contributed by atoms with Crippen molar-refractivity contribution in [1.29, 1.82) is 0 Å². The molecule has 0 aliphatic heterocycles. The van der Waals surface area contributed by atoms with Gasteiger partial charge in [-0.05, 0) is 57.9 Å². The molecule has 3 aromatic rings. The van der Waals surface area contributed by atoms with Crippen LogP contribution in [0.25, 0.3) is 0 Å². The summed E-state index contributed by atoms with van der Waals surface area (Å²) in [5.41, 5.74) is 2.14. The Balaban J connectivity index is 1.63. The van der Waals surface area contributed by atoms with Crippen molar-refractivity contribution in [2.75, 3.05) is 12.4 Å². The molecular formula is C24H18BrClF3N3O4. The predicted molar refractivity (Wildman–Crippen MR) is 132 cm³/mol. The number of ether oxygens (including phenoxy) is 2. The van der Waals surface area contributed by atoms with Crippen molar-refractivity contribution in [1.82, 2.24) is 5.43 Å². The summed E-state index contributed by atoms with van der Waals surface area (Å²) in [6.07, 6.45) is -3.33. The van der Waals surface area contributed by atoms with E-state index in [1.807, 2.05) is 23.6 Å². The number of amides is 2. The summed E-state index contributed by atoms with van der Waals surface area (Å²) in [5.74, 6) is -1.58. The molecule has 0 saturated carbocycles. The van der Waals surface area contributed by atoms with Gasteiger partial charge < -0.3 is 14.8 Å². The second kappa shape index (κ2) is 11.9. The first kappa shape index (κ1) is 27.0. The highest BCUT2D eigenvalue weighted by molar-refractivity contribution is 9.10. The van der Waals surface area contributed by atoms with E-state index in [0.717, 1.165) is 17.7 Å². The van der Waals surface area contributed by atoms with E-state index in [-0.39, 0.29) is 12.3 Å². The van der Waals surface area contributed by atoms with Gasteiger partial charge in [0, 0.05) is 16.3 Å². The fourth-order valence-electron chi connectivity index (χ4n) is 2.90. The summed E-state index contributed by atoms with van der Waals surface area (Å²) in [5, 5.41) is 6.36. The largest absolute Gasteiger partial charge is 0.493 e. The number of carbonyl (C=O) groups excluding carboxylic acids is 2. The monoisotopic (exact) mass is 583 g/mol. The van der Waals surface area contributed by atoms with Crippen molar-refractivity contribution >= 4 is 51.2 Å². The third-order valence-corrected chi connectivity index (χ3v) is 5.57. The first-order valence-electron chi connectivity index (χ1n) is 10.1. The molecule has 2 amide bonds. The molecule has 0 atom stereocenters. The van der Waals surface area contributed by atoms with Gasteiger partial charge in [0.2, 0.25) is 0 Å². The number of hydrazone groups is 1. The molecule has 3 rings (SSSR count). The Hall–Kier alpha value is -3.57. The topological polar surface area (TPSA) is 89.0 Å². The molecule has 0 spiro atoms. The summed E-state index contributed by atoms with van der Waals surface area (Å²) in [7, 11) is 1.45. The maximum Gasteiger partial charge on any atom is 0.416 e. The highest BCUT2D eigenvalue weighted by atomic mass is 79.9. The Morgan fingerprint density at radius 2 is 1.83 bits per heavy atom. The van der Waals surface area contributed by atoms with Gasteiger partial charge in [-0.25, -0.2) is 5.43 Å². The van der Waals surface area contributed by atoms with Crippen molar-refractivity contribution in [3.8, 4) is 11.5 Å². The van der Waals surface area contributed by atoms with Gasteiger partial charge in [0.25, 0.3) is 0 Å². The van der Waals surface area contributed by atoms with Crippen LogP contribution in [-0.2, 0) is 22.4 Å². The van der Waals surface area contributed by atoms with Crippen LogP contribution in [0.15, 0.2) is 70.2 Å². The van der Waals surface area contributed by atoms with Gasteiger partial charge in [-0.1, -0.05) is 35.9 Å².